The lowest BCUT2D eigenvalue weighted by Gasteiger charge is -2.35. The van der Waals surface area contributed by atoms with E-state index in [0.29, 0.717) is 44.6 Å². The third-order valence-electron chi connectivity index (χ3n) is 5.20. The predicted octanol–water partition coefficient (Wildman–Crippen LogP) is 1.94. The van der Waals surface area contributed by atoms with Crippen molar-refractivity contribution in [3.05, 3.63) is 36.7 Å². The molecule has 1 fully saturated rings. The number of sulfonamides is 1. The van der Waals surface area contributed by atoms with Gasteiger partial charge in [-0.15, -0.1) is 0 Å². The molecule has 0 saturated carbocycles. The molecule has 1 saturated heterocycles. The van der Waals surface area contributed by atoms with Crippen LogP contribution in [0.4, 0.5) is 4.79 Å². The van der Waals surface area contributed by atoms with Gasteiger partial charge in [0.05, 0.1) is 18.0 Å². The van der Waals surface area contributed by atoms with Gasteiger partial charge in [0.2, 0.25) is 15.9 Å². The average molecular weight is 449 g/mol. The Bertz CT molecular complexity index is 1030. The zero-order valence-corrected chi connectivity index (χ0v) is 18.7. The number of fused-ring (bicyclic) bond motifs is 1. The fraction of sp³-hybridized carbons (Fsp3) is 0.476. The standard InChI is InChI=1S/C21H28N4O5S/c1-3-10-25(16-20(26)23-11-13-24(14-12-23)21(27)30-4-2)31(28,29)19-7-5-6-17-15-22-9-8-18(17)19/h5-9,15H,3-4,10-14,16H2,1-2H3. The number of hydrogen-bond acceptors (Lipinski definition) is 6. The monoisotopic (exact) mass is 448 g/mol. The van der Waals surface area contributed by atoms with E-state index in [0.717, 1.165) is 5.39 Å². The van der Waals surface area contributed by atoms with Gasteiger partial charge in [-0.05, 0) is 25.5 Å². The Hall–Kier alpha value is -2.72. The fourth-order valence-electron chi connectivity index (χ4n) is 3.59. The first-order valence-electron chi connectivity index (χ1n) is 10.4. The number of amides is 2. The van der Waals surface area contributed by atoms with Crippen LogP contribution in [-0.2, 0) is 19.6 Å². The first kappa shape index (κ1) is 23.0. The summed E-state index contributed by atoms with van der Waals surface area (Å²) < 4.78 is 33.1. The number of piperazine rings is 1. The number of ether oxygens (including phenoxy) is 1. The smallest absolute Gasteiger partial charge is 0.409 e. The molecule has 0 bridgehead atoms. The summed E-state index contributed by atoms with van der Waals surface area (Å²) in [4.78, 5) is 32.1. The van der Waals surface area contributed by atoms with Crippen molar-refractivity contribution in [3.8, 4) is 0 Å². The minimum atomic E-state index is -3.88. The molecule has 0 unspecified atom stereocenters. The SMILES string of the molecule is CCCN(CC(=O)N1CCN(C(=O)OCC)CC1)S(=O)(=O)c1cccc2cnccc12. The molecular formula is C21H28N4O5S. The van der Waals surface area contributed by atoms with Crippen molar-refractivity contribution in [1.29, 1.82) is 0 Å². The van der Waals surface area contributed by atoms with Gasteiger partial charge in [-0.2, -0.15) is 4.31 Å². The Morgan fingerprint density at radius 3 is 2.48 bits per heavy atom. The zero-order valence-electron chi connectivity index (χ0n) is 17.9. The van der Waals surface area contributed by atoms with Crippen LogP contribution in [0.25, 0.3) is 10.8 Å². The first-order valence-corrected chi connectivity index (χ1v) is 11.8. The highest BCUT2D eigenvalue weighted by molar-refractivity contribution is 7.89. The van der Waals surface area contributed by atoms with Gasteiger partial charge < -0.3 is 14.5 Å². The highest BCUT2D eigenvalue weighted by Crippen LogP contribution is 2.25. The number of hydrogen-bond donors (Lipinski definition) is 0. The largest absolute Gasteiger partial charge is 0.450 e. The van der Waals surface area contributed by atoms with Gasteiger partial charge in [-0.1, -0.05) is 19.1 Å². The van der Waals surface area contributed by atoms with E-state index < -0.39 is 16.1 Å². The summed E-state index contributed by atoms with van der Waals surface area (Å²) >= 11 is 0. The normalized spacial score (nSPS) is 14.8. The second kappa shape index (κ2) is 10.1. The van der Waals surface area contributed by atoms with Crippen LogP contribution in [0.15, 0.2) is 41.6 Å². The maximum atomic E-state index is 13.4. The number of rotatable bonds is 7. The summed E-state index contributed by atoms with van der Waals surface area (Å²) in [6.45, 7) is 5.32. The van der Waals surface area contributed by atoms with E-state index in [1.807, 2.05) is 6.92 Å². The molecule has 2 heterocycles. The van der Waals surface area contributed by atoms with Crippen LogP contribution in [-0.4, -0.2) is 85.4 Å². The van der Waals surface area contributed by atoms with E-state index in [2.05, 4.69) is 4.98 Å². The number of carbonyl (C=O) groups is 2. The molecule has 0 N–H and O–H groups in total. The first-order chi connectivity index (χ1) is 14.9. The van der Waals surface area contributed by atoms with Gasteiger partial charge in [0.25, 0.3) is 0 Å². The third-order valence-corrected chi connectivity index (χ3v) is 7.10. The molecule has 3 rings (SSSR count). The maximum absolute atomic E-state index is 13.4. The van der Waals surface area contributed by atoms with Crippen molar-refractivity contribution in [1.82, 2.24) is 19.1 Å². The van der Waals surface area contributed by atoms with Crippen molar-refractivity contribution in [2.45, 2.75) is 25.2 Å². The van der Waals surface area contributed by atoms with Crippen LogP contribution in [0.5, 0.6) is 0 Å². The van der Waals surface area contributed by atoms with E-state index in [4.69, 9.17) is 4.74 Å². The molecule has 1 aliphatic rings. The minimum Gasteiger partial charge on any atom is -0.450 e. The molecule has 1 aliphatic heterocycles. The molecule has 31 heavy (non-hydrogen) atoms. The van der Waals surface area contributed by atoms with Crippen LogP contribution in [0.1, 0.15) is 20.3 Å². The van der Waals surface area contributed by atoms with E-state index in [1.54, 1.807) is 53.4 Å². The number of pyridine rings is 1. The Balaban J connectivity index is 1.75. The van der Waals surface area contributed by atoms with Crippen molar-refractivity contribution in [2.24, 2.45) is 0 Å². The van der Waals surface area contributed by atoms with Crippen molar-refractivity contribution in [2.75, 3.05) is 45.9 Å². The molecule has 0 atom stereocenters. The molecule has 9 nitrogen and oxygen atoms in total. The number of benzene rings is 1. The summed E-state index contributed by atoms with van der Waals surface area (Å²) in [6.07, 6.45) is 3.36. The second-order valence-electron chi connectivity index (χ2n) is 7.26. The minimum absolute atomic E-state index is 0.167. The topological polar surface area (TPSA) is 100 Å². The van der Waals surface area contributed by atoms with Crippen molar-refractivity contribution >= 4 is 32.8 Å². The quantitative estimate of drug-likeness (QED) is 0.642. The fourth-order valence-corrected chi connectivity index (χ4v) is 5.29. The highest BCUT2D eigenvalue weighted by Gasteiger charge is 2.31. The van der Waals surface area contributed by atoms with Gasteiger partial charge in [-0.25, -0.2) is 13.2 Å². The Morgan fingerprint density at radius 2 is 1.81 bits per heavy atom. The van der Waals surface area contributed by atoms with Crippen LogP contribution in [0.3, 0.4) is 0 Å². The predicted molar refractivity (Wildman–Crippen MR) is 116 cm³/mol. The van der Waals surface area contributed by atoms with Crippen LogP contribution in [0, 0.1) is 0 Å². The summed E-state index contributed by atoms with van der Waals surface area (Å²) in [6, 6.07) is 6.71. The zero-order chi connectivity index (χ0) is 22.4. The molecule has 0 radical (unpaired) electrons. The molecular weight excluding hydrogens is 420 g/mol. The number of carbonyl (C=O) groups excluding carboxylic acids is 2. The molecule has 0 spiro atoms. The average Bonchev–Trinajstić information content (AvgIpc) is 2.78. The van der Waals surface area contributed by atoms with Crippen LogP contribution in [0.2, 0.25) is 0 Å². The summed E-state index contributed by atoms with van der Waals surface area (Å²) in [5, 5.41) is 1.30. The van der Waals surface area contributed by atoms with Crippen molar-refractivity contribution < 1.29 is 22.7 Å². The molecule has 168 valence electrons. The van der Waals surface area contributed by atoms with Gasteiger partial charge in [0.15, 0.2) is 0 Å². The van der Waals surface area contributed by atoms with E-state index >= 15 is 0 Å². The lowest BCUT2D eigenvalue weighted by molar-refractivity contribution is -0.133. The lowest BCUT2D eigenvalue weighted by Crippen LogP contribution is -2.53. The van der Waals surface area contributed by atoms with Gasteiger partial charge in [0, 0.05) is 55.9 Å². The van der Waals surface area contributed by atoms with Gasteiger partial charge in [0.1, 0.15) is 0 Å². The lowest BCUT2D eigenvalue weighted by atomic mass is 10.2. The number of aromatic nitrogens is 1. The molecule has 1 aromatic heterocycles. The van der Waals surface area contributed by atoms with Crippen molar-refractivity contribution in [3.63, 3.8) is 0 Å². The molecule has 0 aliphatic carbocycles. The van der Waals surface area contributed by atoms with E-state index in [1.165, 1.54) is 4.31 Å². The van der Waals surface area contributed by atoms with Crippen LogP contribution >= 0.6 is 0 Å². The Kier molecular flexibility index (Phi) is 7.45. The third kappa shape index (κ3) is 5.13. The van der Waals surface area contributed by atoms with E-state index in [9.17, 15) is 18.0 Å². The molecule has 2 amide bonds. The molecule has 10 heteroatoms. The highest BCUT2D eigenvalue weighted by atomic mass is 32.2. The van der Waals surface area contributed by atoms with Gasteiger partial charge >= 0.3 is 6.09 Å². The van der Waals surface area contributed by atoms with Crippen LogP contribution < -0.4 is 0 Å². The Labute approximate surface area is 182 Å². The summed E-state index contributed by atoms with van der Waals surface area (Å²) in [5.41, 5.74) is 0. The Morgan fingerprint density at radius 1 is 1.10 bits per heavy atom. The molecule has 1 aromatic carbocycles. The van der Waals surface area contributed by atoms with Gasteiger partial charge in [-0.3, -0.25) is 9.78 Å². The maximum Gasteiger partial charge on any atom is 0.409 e. The second-order valence-corrected chi connectivity index (χ2v) is 9.16. The van der Waals surface area contributed by atoms with E-state index in [-0.39, 0.29) is 23.9 Å². The summed E-state index contributed by atoms with van der Waals surface area (Å²) in [5.74, 6) is -0.276. The summed E-state index contributed by atoms with van der Waals surface area (Å²) in [7, 11) is -3.88. The number of nitrogens with zero attached hydrogens (tertiary/aromatic N) is 4. The molecule has 2 aromatic rings.